The Morgan fingerprint density at radius 3 is 2.47 bits per heavy atom. The summed E-state index contributed by atoms with van der Waals surface area (Å²) in [6.45, 7) is 5.84. The second-order valence-corrected chi connectivity index (χ2v) is 8.84. The standard InChI is InChI=1S/C28H28N4O3S/c1-18-12-19(2)27(20(3)13-18)31-26(33)17-35-24-11-10-21(14-25(24)34-4)15-29-32-16-23(30-28(32)36)22-8-6-5-7-9-22/h5-16H,17H2,1-4H3,(H,30,36)(H,31,33)/b29-15-. The molecule has 184 valence electrons. The molecule has 0 aliphatic heterocycles. The Hall–Kier alpha value is -4.17. The minimum Gasteiger partial charge on any atom is -0.493 e. The quantitative estimate of drug-likeness (QED) is 0.228. The minimum atomic E-state index is -0.242. The Morgan fingerprint density at radius 2 is 1.78 bits per heavy atom. The molecule has 1 heterocycles. The molecule has 4 rings (SSSR count). The van der Waals surface area contributed by atoms with E-state index in [9.17, 15) is 4.79 Å². The van der Waals surface area contributed by atoms with Crippen LogP contribution in [0.1, 0.15) is 22.3 Å². The van der Waals surface area contributed by atoms with Gasteiger partial charge in [-0.15, -0.1) is 0 Å². The molecule has 0 bridgehead atoms. The van der Waals surface area contributed by atoms with Gasteiger partial charge >= 0.3 is 0 Å². The molecule has 0 saturated heterocycles. The van der Waals surface area contributed by atoms with Crippen molar-refractivity contribution in [2.75, 3.05) is 19.0 Å². The van der Waals surface area contributed by atoms with E-state index in [0.717, 1.165) is 39.2 Å². The van der Waals surface area contributed by atoms with Crippen molar-refractivity contribution in [1.29, 1.82) is 0 Å². The second kappa shape index (κ2) is 11.0. The number of H-pyrrole nitrogens is 1. The number of ether oxygens (including phenoxy) is 2. The van der Waals surface area contributed by atoms with Crippen LogP contribution >= 0.6 is 12.2 Å². The molecule has 0 spiro atoms. The number of nitrogens with zero attached hydrogens (tertiary/aromatic N) is 2. The third kappa shape index (κ3) is 5.90. The lowest BCUT2D eigenvalue weighted by molar-refractivity contribution is -0.118. The third-order valence-electron chi connectivity index (χ3n) is 5.60. The van der Waals surface area contributed by atoms with Crippen LogP contribution in [0.5, 0.6) is 11.5 Å². The molecule has 0 aliphatic carbocycles. The largest absolute Gasteiger partial charge is 0.493 e. The van der Waals surface area contributed by atoms with Crippen molar-refractivity contribution < 1.29 is 14.3 Å². The number of aromatic amines is 1. The molecule has 2 N–H and O–H groups in total. The van der Waals surface area contributed by atoms with E-state index in [4.69, 9.17) is 21.7 Å². The summed E-state index contributed by atoms with van der Waals surface area (Å²) in [7, 11) is 1.55. The van der Waals surface area contributed by atoms with E-state index in [1.807, 2.05) is 75.5 Å². The number of hydrogen-bond acceptors (Lipinski definition) is 5. The van der Waals surface area contributed by atoms with Crippen LogP contribution in [0.4, 0.5) is 5.69 Å². The Bertz CT molecular complexity index is 1450. The van der Waals surface area contributed by atoms with Gasteiger partial charge in [-0.25, -0.2) is 4.68 Å². The smallest absolute Gasteiger partial charge is 0.262 e. The van der Waals surface area contributed by atoms with Crippen molar-refractivity contribution in [2.24, 2.45) is 5.10 Å². The first-order valence-electron chi connectivity index (χ1n) is 11.4. The van der Waals surface area contributed by atoms with Crippen molar-refractivity contribution in [3.63, 3.8) is 0 Å². The first kappa shape index (κ1) is 24.9. The monoisotopic (exact) mass is 500 g/mol. The first-order valence-corrected chi connectivity index (χ1v) is 11.8. The van der Waals surface area contributed by atoms with Gasteiger partial charge in [0, 0.05) is 5.69 Å². The maximum Gasteiger partial charge on any atom is 0.262 e. The van der Waals surface area contributed by atoms with Crippen molar-refractivity contribution in [2.45, 2.75) is 20.8 Å². The van der Waals surface area contributed by atoms with Crippen LogP contribution in [0, 0.1) is 25.5 Å². The molecule has 1 amide bonds. The number of rotatable bonds is 8. The Labute approximate surface area is 215 Å². The molecule has 4 aromatic rings. The molecule has 36 heavy (non-hydrogen) atoms. The van der Waals surface area contributed by atoms with Gasteiger partial charge in [0.2, 0.25) is 0 Å². The number of carbonyl (C=O) groups is 1. The lowest BCUT2D eigenvalue weighted by Gasteiger charge is -2.14. The Kier molecular flexibility index (Phi) is 7.65. The normalized spacial score (nSPS) is 11.0. The predicted octanol–water partition coefficient (Wildman–Crippen LogP) is 6.05. The zero-order valence-corrected chi connectivity index (χ0v) is 21.5. The maximum absolute atomic E-state index is 12.5. The summed E-state index contributed by atoms with van der Waals surface area (Å²) in [6, 6.07) is 19.4. The molecule has 0 fully saturated rings. The van der Waals surface area contributed by atoms with E-state index in [-0.39, 0.29) is 12.5 Å². The second-order valence-electron chi connectivity index (χ2n) is 8.45. The summed E-state index contributed by atoms with van der Waals surface area (Å²) in [6.07, 6.45) is 3.53. The molecular formula is C28H28N4O3S. The molecule has 0 atom stereocenters. The topological polar surface area (TPSA) is 80.6 Å². The highest BCUT2D eigenvalue weighted by Crippen LogP contribution is 2.28. The van der Waals surface area contributed by atoms with E-state index < -0.39 is 0 Å². The number of methoxy groups -OCH3 is 1. The highest BCUT2D eigenvalue weighted by atomic mass is 32.1. The molecule has 1 aromatic heterocycles. The number of anilines is 1. The van der Waals surface area contributed by atoms with Crippen molar-refractivity contribution in [3.05, 3.63) is 93.9 Å². The van der Waals surface area contributed by atoms with Crippen molar-refractivity contribution in [1.82, 2.24) is 9.66 Å². The Morgan fingerprint density at radius 1 is 1.06 bits per heavy atom. The zero-order valence-electron chi connectivity index (χ0n) is 20.7. The number of benzene rings is 3. The fraction of sp³-hybridized carbons (Fsp3) is 0.179. The van der Waals surface area contributed by atoms with E-state index in [0.29, 0.717) is 16.3 Å². The summed E-state index contributed by atoms with van der Waals surface area (Å²) in [5, 5.41) is 7.41. The number of carbonyl (C=O) groups excluding carboxylic acids is 1. The SMILES string of the molecule is COc1cc(/C=N\n2cc(-c3ccccc3)[nH]c2=S)ccc1OCC(=O)Nc1c(C)cc(C)cc1C. The number of nitrogens with one attached hydrogen (secondary N) is 2. The fourth-order valence-electron chi connectivity index (χ4n) is 3.94. The van der Waals surface area contributed by atoms with Crippen LogP contribution in [0.3, 0.4) is 0 Å². The lowest BCUT2D eigenvalue weighted by atomic mass is 10.1. The van der Waals surface area contributed by atoms with Crippen molar-refractivity contribution >= 4 is 30.0 Å². The van der Waals surface area contributed by atoms with Crippen LogP contribution in [0.25, 0.3) is 11.3 Å². The fourth-order valence-corrected chi connectivity index (χ4v) is 4.15. The van der Waals surface area contributed by atoms with Gasteiger partial charge in [0.25, 0.3) is 5.91 Å². The van der Waals surface area contributed by atoms with Gasteiger partial charge in [-0.1, -0.05) is 48.0 Å². The van der Waals surface area contributed by atoms with Gasteiger partial charge in [-0.2, -0.15) is 5.10 Å². The average Bonchev–Trinajstić information content (AvgIpc) is 3.24. The molecule has 0 saturated carbocycles. The van der Waals surface area contributed by atoms with Crippen LogP contribution in [0.2, 0.25) is 0 Å². The van der Waals surface area contributed by atoms with Crippen LogP contribution < -0.4 is 14.8 Å². The summed E-state index contributed by atoms with van der Waals surface area (Å²) in [5.41, 5.74) is 6.69. The molecule has 3 aromatic carbocycles. The number of amides is 1. The molecular weight excluding hydrogens is 472 g/mol. The number of hydrogen-bond donors (Lipinski definition) is 2. The van der Waals surface area contributed by atoms with Gasteiger partial charge in [0.15, 0.2) is 22.9 Å². The van der Waals surface area contributed by atoms with E-state index in [1.165, 1.54) is 0 Å². The lowest BCUT2D eigenvalue weighted by Crippen LogP contribution is -2.21. The highest BCUT2D eigenvalue weighted by molar-refractivity contribution is 7.71. The van der Waals surface area contributed by atoms with Crippen LogP contribution in [-0.4, -0.2) is 35.5 Å². The molecule has 0 unspecified atom stereocenters. The average molecular weight is 501 g/mol. The molecule has 7 nitrogen and oxygen atoms in total. The summed E-state index contributed by atoms with van der Waals surface area (Å²) in [4.78, 5) is 15.7. The summed E-state index contributed by atoms with van der Waals surface area (Å²) >= 11 is 5.40. The maximum atomic E-state index is 12.5. The van der Waals surface area contributed by atoms with Gasteiger partial charge < -0.3 is 19.8 Å². The minimum absolute atomic E-state index is 0.142. The number of aryl methyl sites for hydroxylation is 3. The van der Waals surface area contributed by atoms with Gasteiger partial charge in [0.05, 0.1) is 25.2 Å². The van der Waals surface area contributed by atoms with Crippen LogP contribution in [0.15, 0.2) is 72.0 Å². The highest BCUT2D eigenvalue weighted by Gasteiger charge is 2.11. The third-order valence-corrected chi connectivity index (χ3v) is 5.89. The van der Waals surface area contributed by atoms with E-state index in [1.54, 1.807) is 30.1 Å². The van der Waals surface area contributed by atoms with Gasteiger partial charge in [0.1, 0.15) is 0 Å². The Balaban J connectivity index is 1.43. The van der Waals surface area contributed by atoms with E-state index in [2.05, 4.69) is 15.4 Å². The van der Waals surface area contributed by atoms with E-state index >= 15 is 0 Å². The molecule has 0 radical (unpaired) electrons. The molecule has 0 aliphatic rings. The zero-order chi connectivity index (χ0) is 25.7. The van der Waals surface area contributed by atoms with Crippen molar-refractivity contribution in [3.8, 4) is 22.8 Å². The summed E-state index contributed by atoms with van der Waals surface area (Å²) < 4.78 is 13.3. The summed E-state index contributed by atoms with van der Waals surface area (Å²) in [5.74, 6) is 0.720. The first-order chi connectivity index (χ1) is 17.3. The van der Waals surface area contributed by atoms with Gasteiger partial charge in [-0.05, 0) is 73.4 Å². The predicted molar refractivity (Wildman–Crippen MR) is 146 cm³/mol. The number of aromatic nitrogens is 2. The molecule has 8 heteroatoms. The van der Waals surface area contributed by atoms with Gasteiger partial charge in [-0.3, -0.25) is 4.79 Å². The number of imidazole rings is 1. The van der Waals surface area contributed by atoms with Crippen LogP contribution in [-0.2, 0) is 4.79 Å².